The Morgan fingerprint density at radius 3 is 2.62 bits per heavy atom. The highest BCUT2D eigenvalue weighted by atomic mass is 35.5. The van der Waals surface area contributed by atoms with Crippen LogP contribution in [0.4, 0.5) is 0 Å². The monoisotopic (exact) mass is 390 g/mol. The van der Waals surface area contributed by atoms with Crippen LogP contribution in [0.25, 0.3) is 0 Å². The van der Waals surface area contributed by atoms with Crippen LogP contribution in [0.5, 0.6) is 5.75 Å². The summed E-state index contributed by atoms with van der Waals surface area (Å²) in [6.07, 6.45) is 3.36. The van der Waals surface area contributed by atoms with Gasteiger partial charge in [0.25, 0.3) is 5.91 Å². The van der Waals surface area contributed by atoms with E-state index in [4.69, 9.17) is 33.2 Å². The highest BCUT2D eigenvalue weighted by Gasteiger charge is 2.50. The molecule has 0 radical (unpaired) electrons. The molecule has 1 aliphatic rings. The van der Waals surface area contributed by atoms with E-state index in [9.17, 15) is 4.79 Å². The summed E-state index contributed by atoms with van der Waals surface area (Å²) in [6.45, 7) is 4.05. The van der Waals surface area contributed by atoms with Gasteiger partial charge in [0.05, 0.1) is 16.1 Å². The first-order valence-electron chi connectivity index (χ1n) is 7.96. The Labute approximate surface area is 161 Å². The Hall–Kier alpha value is -2.36. The number of aromatic nitrogens is 2. The van der Waals surface area contributed by atoms with Crippen LogP contribution in [0.1, 0.15) is 36.2 Å². The van der Waals surface area contributed by atoms with E-state index >= 15 is 0 Å². The molecule has 1 saturated carbocycles. The van der Waals surface area contributed by atoms with Gasteiger partial charge < -0.3 is 10.1 Å². The number of hydrogen-bond donors (Lipinski definition) is 1. The fourth-order valence-corrected chi connectivity index (χ4v) is 3.14. The van der Waals surface area contributed by atoms with E-state index in [1.54, 1.807) is 18.2 Å². The lowest BCUT2D eigenvalue weighted by Crippen LogP contribution is -2.63. The number of hydrogen-bond acceptors (Lipinski definition) is 5. The normalized spacial score (nSPS) is 20.6. The summed E-state index contributed by atoms with van der Waals surface area (Å²) in [6, 6.07) is 6.94. The van der Waals surface area contributed by atoms with Crippen molar-refractivity contribution in [1.29, 1.82) is 5.26 Å². The van der Waals surface area contributed by atoms with Gasteiger partial charge in [0.15, 0.2) is 0 Å². The van der Waals surface area contributed by atoms with Crippen LogP contribution < -0.4 is 10.1 Å². The first-order chi connectivity index (χ1) is 12.3. The predicted octanol–water partition coefficient (Wildman–Crippen LogP) is 3.63. The van der Waals surface area contributed by atoms with Gasteiger partial charge in [-0.2, -0.15) is 5.26 Å². The molecular weight excluding hydrogens is 375 g/mol. The van der Waals surface area contributed by atoms with Gasteiger partial charge in [-0.05, 0) is 23.7 Å². The lowest BCUT2D eigenvalue weighted by Gasteiger charge is -2.51. The summed E-state index contributed by atoms with van der Waals surface area (Å²) in [7, 11) is 0. The molecule has 6 nitrogen and oxygen atoms in total. The molecule has 0 aliphatic heterocycles. The lowest BCUT2D eigenvalue weighted by molar-refractivity contribution is -0.0515. The van der Waals surface area contributed by atoms with E-state index in [1.807, 2.05) is 19.9 Å². The van der Waals surface area contributed by atoms with Crippen molar-refractivity contribution >= 4 is 29.1 Å². The summed E-state index contributed by atoms with van der Waals surface area (Å²) in [4.78, 5) is 19.9. The first-order valence-corrected chi connectivity index (χ1v) is 8.71. The second kappa shape index (κ2) is 7.10. The third kappa shape index (κ3) is 3.59. The number of carbonyl (C=O) groups is 1. The maximum Gasteiger partial charge on any atom is 0.254 e. The summed E-state index contributed by atoms with van der Waals surface area (Å²) in [5.74, 6) is 0.350. The van der Waals surface area contributed by atoms with E-state index in [1.165, 1.54) is 12.4 Å². The maximum atomic E-state index is 12.3. The summed E-state index contributed by atoms with van der Waals surface area (Å²) in [5.41, 5.74) is 0.485. The molecule has 8 heteroatoms. The average molecular weight is 391 g/mol. The largest absolute Gasteiger partial charge is 0.490 e. The van der Waals surface area contributed by atoms with Gasteiger partial charge in [0.1, 0.15) is 17.9 Å². The fraction of sp³-hybridized carbons (Fsp3) is 0.333. The number of nitriles is 1. The van der Waals surface area contributed by atoms with Gasteiger partial charge in [-0.1, -0.05) is 25.4 Å². The second-order valence-electron chi connectivity index (χ2n) is 6.68. The summed E-state index contributed by atoms with van der Waals surface area (Å²) >= 11 is 11.7. The number of carbonyl (C=O) groups excluding carboxylic acids is 1. The van der Waals surface area contributed by atoms with Crippen molar-refractivity contribution < 1.29 is 9.53 Å². The van der Waals surface area contributed by atoms with Crippen LogP contribution in [-0.2, 0) is 0 Å². The smallest absolute Gasteiger partial charge is 0.254 e. The molecule has 26 heavy (non-hydrogen) atoms. The molecule has 0 spiro atoms. The van der Waals surface area contributed by atoms with Crippen LogP contribution >= 0.6 is 23.2 Å². The van der Waals surface area contributed by atoms with Gasteiger partial charge in [-0.3, -0.25) is 4.79 Å². The lowest BCUT2D eigenvalue weighted by atomic mass is 9.64. The molecule has 2 aromatic rings. The number of nitrogens with one attached hydrogen (secondary N) is 1. The Kier molecular flexibility index (Phi) is 5.03. The standard InChI is InChI=1S/C18H16Cl2N4O2/c1-18(2)14(24-16(25)11-8-22-17(20)23-9-11)6-15(18)26-12-4-3-10(7-21)13(19)5-12/h3-5,8-9,14-15H,6H2,1-2H3,(H,24,25)/t14-,15-/m0/s1. The Morgan fingerprint density at radius 1 is 1.35 bits per heavy atom. The van der Waals surface area contributed by atoms with Crippen LogP contribution in [0.2, 0.25) is 10.3 Å². The number of rotatable bonds is 4. The highest BCUT2D eigenvalue weighted by Crippen LogP contribution is 2.43. The zero-order chi connectivity index (χ0) is 18.9. The van der Waals surface area contributed by atoms with Crippen molar-refractivity contribution in [2.24, 2.45) is 5.41 Å². The summed E-state index contributed by atoms with van der Waals surface area (Å²) < 4.78 is 5.99. The van der Waals surface area contributed by atoms with Crippen molar-refractivity contribution in [3.8, 4) is 11.8 Å². The topological polar surface area (TPSA) is 87.9 Å². The number of benzene rings is 1. The number of ether oxygens (including phenoxy) is 1. The SMILES string of the molecule is CC1(C)[C@@H](NC(=O)c2cnc(Cl)nc2)C[C@@H]1Oc1ccc(C#N)c(Cl)c1. The van der Waals surface area contributed by atoms with Crippen molar-refractivity contribution in [1.82, 2.24) is 15.3 Å². The molecule has 1 heterocycles. The van der Waals surface area contributed by atoms with Crippen molar-refractivity contribution in [2.75, 3.05) is 0 Å². The minimum absolute atomic E-state index is 0.0514. The fourth-order valence-electron chi connectivity index (χ4n) is 2.83. The van der Waals surface area contributed by atoms with Crippen LogP contribution in [-0.4, -0.2) is 28.0 Å². The zero-order valence-corrected chi connectivity index (χ0v) is 15.7. The third-order valence-corrected chi connectivity index (χ3v) is 5.21. The third-order valence-electron chi connectivity index (χ3n) is 4.70. The zero-order valence-electron chi connectivity index (χ0n) is 14.2. The molecule has 3 rings (SSSR count). The van der Waals surface area contributed by atoms with Crippen molar-refractivity contribution in [3.05, 3.63) is 52.0 Å². The average Bonchev–Trinajstić information content (AvgIpc) is 2.61. The van der Waals surface area contributed by atoms with Crippen LogP contribution in [0, 0.1) is 16.7 Å². The molecule has 1 aromatic carbocycles. The Morgan fingerprint density at radius 2 is 2.04 bits per heavy atom. The molecule has 1 amide bonds. The van der Waals surface area contributed by atoms with Gasteiger partial charge in [-0.25, -0.2) is 9.97 Å². The maximum absolute atomic E-state index is 12.3. The summed E-state index contributed by atoms with van der Waals surface area (Å²) in [5, 5.41) is 12.4. The van der Waals surface area contributed by atoms with Gasteiger partial charge in [0.2, 0.25) is 5.28 Å². The molecule has 1 aliphatic carbocycles. The van der Waals surface area contributed by atoms with Crippen molar-refractivity contribution in [3.63, 3.8) is 0 Å². The minimum Gasteiger partial charge on any atom is -0.490 e. The Bertz CT molecular complexity index is 878. The van der Waals surface area contributed by atoms with Gasteiger partial charge >= 0.3 is 0 Å². The molecule has 1 fully saturated rings. The van der Waals surface area contributed by atoms with Gasteiger partial charge in [0, 0.05) is 36.3 Å². The minimum atomic E-state index is -0.274. The number of nitrogens with zero attached hydrogens (tertiary/aromatic N) is 3. The van der Waals surface area contributed by atoms with Crippen molar-refractivity contribution in [2.45, 2.75) is 32.4 Å². The first kappa shape index (κ1) is 18.4. The van der Waals surface area contributed by atoms with E-state index < -0.39 is 0 Å². The molecule has 0 saturated heterocycles. The number of halogens is 2. The molecule has 2 atom stereocenters. The molecule has 134 valence electrons. The second-order valence-corrected chi connectivity index (χ2v) is 7.43. The van der Waals surface area contributed by atoms with E-state index in [-0.39, 0.29) is 28.8 Å². The van der Waals surface area contributed by atoms with Gasteiger partial charge in [-0.15, -0.1) is 0 Å². The highest BCUT2D eigenvalue weighted by molar-refractivity contribution is 6.31. The molecule has 0 unspecified atom stereocenters. The van der Waals surface area contributed by atoms with E-state index in [2.05, 4.69) is 15.3 Å². The van der Waals surface area contributed by atoms with Crippen LogP contribution in [0.3, 0.4) is 0 Å². The predicted molar refractivity (Wildman–Crippen MR) is 97.3 cm³/mol. The molecule has 1 N–H and O–H groups in total. The quantitative estimate of drug-likeness (QED) is 0.805. The molecule has 0 bridgehead atoms. The Balaban J connectivity index is 1.62. The number of amides is 1. The van der Waals surface area contributed by atoms with E-state index in [0.717, 1.165) is 0 Å². The molecule has 1 aromatic heterocycles. The van der Waals surface area contributed by atoms with Crippen LogP contribution in [0.15, 0.2) is 30.6 Å². The van der Waals surface area contributed by atoms with E-state index in [0.29, 0.717) is 28.3 Å². The molecular formula is C18H16Cl2N4O2.